The Morgan fingerprint density at radius 3 is 2.74 bits per heavy atom. The van der Waals surface area contributed by atoms with E-state index in [1.807, 2.05) is 19.9 Å². The molecule has 2 aromatic heterocycles. The number of aliphatic hydroxyl groups is 2. The summed E-state index contributed by atoms with van der Waals surface area (Å²) in [6, 6.07) is 8.16. The Labute approximate surface area is 211 Å². The molecule has 10 heteroatoms. The summed E-state index contributed by atoms with van der Waals surface area (Å²) >= 11 is 0. The van der Waals surface area contributed by atoms with Crippen molar-refractivity contribution in [1.29, 1.82) is 5.26 Å². The van der Waals surface area contributed by atoms with Crippen LogP contribution in [0.2, 0.25) is 0 Å². The quantitative estimate of drug-likeness (QED) is 0.449. The first-order valence-electron chi connectivity index (χ1n) is 11.5. The smallest absolute Gasteiger partial charge is 0.259 e. The van der Waals surface area contributed by atoms with E-state index in [2.05, 4.69) is 44.4 Å². The van der Waals surface area contributed by atoms with E-state index in [9.17, 15) is 10.4 Å². The molecule has 1 aliphatic heterocycles. The Balaban J connectivity index is 0.00000342. The number of nitrogens with one attached hydrogen (secondary N) is 1. The van der Waals surface area contributed by atoms with Crippen molar-refractivity contribution in [3.63, 3.8) is 0 Å². The summed E-state index contributed by atoms with van der Waals surface area (Å²) in [4.78, 5) is 11.1. The molecular formula is C25H31ClN6O3. The second-order valence-corrected chi connectivity index (χ2v) is 8.97. The van der Waals surface area contributed by atoms with E-state index >= 15 is 0 Å². The molecule has 3 aromatic rings. The van der Waals surface area contributed by atoms with Crippen molar-refractivity contribution >= 4 is 18.2 Å². The van der Waals surface area contributed by atoms with Crippen LogP contribution in [0.5, 0.6) is 0 Å². The second kappa shape index (κ2) is 11.6. The normalized spacial score (nSPS) is 14.5. The van der Waals surface area contributed by atoms with E-state index < -0.39 is 6.10 Å². The largest absolute Gasteiger partial charge is 0.394 e. The molecule has 1 aromatic carbocycles. The van der Waals surface area contributed by atoms with Crippen molar-refractivity contribution in [3.05, 3.63) is 46.6 Å². The van der Waals surface area contributed by atoms with Gasteiger partial charge in [-0.3, -0.25) is 0 Å². The first-order valence-corrected chi connectivity index (χ1v) is 11.5. The zero-order chi connectivity index (χ0) is 24.2. The van der Waals surface area contributed by atoms with Gasteiger partial charge in [-0.25, -0.2) is 4.98 Å². The molecule has 0 saturated carbocycles. The number of aliphatic hydroxyl groups excluding tert-OH is 2. The van der Waals surface area contributed by atoms with Crippen LogP contribution in [0.1, 0.15) is 36.1 Å². The van der Waals surface area contributed by atoms with Gasteiger partial charge in [0.05, 0.1) is 23.8 Å². The Kier molecular flexibility index (Phi) is 8.81. The topological polar surface area (TPSA) is 131 Å². The molecule has 35 heavy (non-hydrogen) atoms. The fraction of sp³-hybridized carbons (Fsp3) is 0.440. The number of anilines is 1. The molecule has 0 saturated heterocycles. The van der Waals surface area contributed by atoms with Gasteiger partial charge in [-0.05, 0) is 56.4 Å². The monoisotopic (exact) mass is 498 g/mol. The van der Waals surface area contributed by atoms with Crippen molar-refractivity contribution in [2.75, 3.05) is 31.6 Å². The van der Waals surface area contributed by atoms with Crippen molar-refractivity contribution in [3.8, 4) is 28.9 Å². The fourth-order valence-electron chi connectivity index (χ4n) is 4.34. The molecule has 0 radical (unpaired) electrons. The lowest BCUT2D eigenvalue weighted by molar-refractivity contribution is 0.0604. The number of nitriles is 1. The van der Waals surface area contributed by atoms with Gasteiger partial charge in [0.25, 0.3) is 5.89 Å². The molecule has 186 valence electrons. The predicted molar refractivity (Wildman–Crippen MR) is 135 cm³/mol. The number of hydrogen-bond donors (Lipinski definition) is 3. The number of hydrogen-bond acceptors (Lipinski definition) is 9. The van der Waals surface area contributed by atoms with E-state index in [-0.39, 0.29) is 25.1 Å². The molecule has 0 amide bonds. The highest BCUT2D eigenvalue weighted by Crippen LogP contribution is 2.30. The lowest BCUT2D eigenvalue weighted by atomic mass is 9.93. The standard InChI is InChI=1S/C25H30N6O3.ClH/c1-15(2)28-23-18(11-26)10-19(12-27-23)25-29-24(30-34-25)22-5-4-17-6-8-31(13-20(33)14-32)9-7-21(17)16(22)3;/h4-5,10,12,15,20,32-33H,6-9,13-14H2,1-3H3,(H,27,28);1H/t20-;/m0./s1. The Morgan fingerprint density at radius 2 is 2.03 bits per heavy atom. The number of benzene rings is 1. The van der Waals surface area contributed by atoms with E-state index in [0.717, 1.165) is 37.1 Å². The summed E-state index contributed by atoms with van der Waals surface area (Å²) in [6.07, 6.45) is 2.63. The van der Waals surface area contributed by atoms with Gasteiger partial charge in [0.1, 0.15) is 11.9 Å². The maximum Gasteiger partial charge on any atom is 0.259 e. The summed E-state index contributed by atoms with van der Waals surface area (Å²) in [6.45, 7) is 7.93. The summed E-state index contributed by atoms with van der Waals surface area (Å²) in [5.74, 6) is 1.34. The lowest BCUT2D eigenvalue weighted by Gasteiger charge is -2.21. The van der Waals surface area contributed by atoms with E-state index in [1.54, 1.807) is 12.3 Å². The SMILES string of the molecule is Cc1c(-c2noc(-c3cnc(NC(C)C)c(C#N)c3)n2)ccc2c1CCN(C[C@H](O)CO)CC2.Cl. The molecule has 0 bridgehead atoms. The predicted octanol–water partition coefficient (Wildman–Crippen LogP) is 2.97. The maximum absolute atomic E-state index is 9.80. The summed E-state index contributed by atoms with van der Waals surface area (Å²) in [5, 5.41) is 35.8. The number of fused-ring (bicyclic) bond motifs is 1. The summed E-state index contributed by atoms with van der Waals surface area (Å²) in [7, 11) is 0. The van der Waals surface area contributed by atoms with Crippen LogP contribution >= 0.6 is 12.4 Å². The van der Waals surface area contributed by atoms with Gasteiger partial charge in [0.15, 0.2) is 0 Å². The van der Waals surface area contributed by atoms with Crippen LogP contribution in [0, 0.1) is 18.3 Å². The van der Waals surface area contributed by atoms with Crippen LogP contribution in [-0.2, 0) is 12.8 Å². The molecule has 1 atom stereocenters. The number of nitrogens with zero attached hydrogens (tertiary/aromatic N) is 5. The van der Waals surface area contributed by atoms with Crippen LogP contribution in [0.25, 0.3) is 22.8 Å². The molecule has 0 spiro atoms. The van der Waals surface area contributed by atoms with Gasteiger partial charge in [-0.2, -0.15) is 10.2 Å². The van der Waals surface area contributed by atoms with Crippen LogP contribution in [0.15, 0.2) is 28.9 Å². The van der Waals surface area contributed by atoms with Crippen LogP contribution in [-0.4, -0.2) is 68.6 Å². The van der Waals surface area contributed by atoms with Gasteiger partial charge in [0, 0.05) is 37.4 Å². The van der Waals surface area contributed by atoms with Crippen LogP contribution in [0.3, 0.4) is 0 Å². The Morgan fingerprint density at radius 1 is 1.26 bits per heavy atom. The van der Waals surface area contributed by atoms with Gasteiger partial charge in [0.2, 0.25) is 5.82 Å². The van der Waals surface area contributed by atoms with Crippen molar-refractivity contribution in [1.82, 2.24) is 20.0 Å². The van der Waals surface area contributed by atoms with E-state index in [4.69, 9.17) is 9.63 Å². The number of aromatic nitrogens is 3. The molecule has 0 unspecified atom stereocenters. The van der Waals surface area contributed by atoms with Gasteiger partial charge >= 0.3 is 0 Å². The zero-order valence-electron chi connectivity index (χ0n) is 20.2. The second-order valence-electron chi connectivity index (χ2n) is 8.97. The van der Waals surface area contributed by atoms with Crippen molar-refractivity contribution in [2.24, 2.45) is 0 Å². The number of pyridine rings is 1. The van der Waals surface area contributed by atoms with Crippen LogP contribution < -0.4 is 5.32 Å². The Hall–Kier alpha value is -3.03. The van der Waals surface area contributed by atoms with E-state index in [1.165, 1.54) is 11.1 Å². The molecular weight excluding hydrogens is 468 g/mol. The minimum Gasteiger partial charge on any atom is -0.394 e. The summed E-state index contributed by atoms with van der Waals surface area (Å²) < 4.78 is 5.53. The first-order chi connectivity index (χ1) is 16.4. The van der Waals surface area contributed by atoms with Gasteiger partial charge in [-0.15, -0.1) is 12.4 Å². The third kappa shape index (κ3) is 5.97. The highest BCUT2D eigenvalue weighted by Gasteiger charge is 2.21. The minimum absolute atomic E-state index is 0. The third-order valence-electron chi connectivity index (χ3n) is 6.10. The van der Waals surface area contributed by atoms with Gasteiger partial charge < -0.3 is 25.0 Å². The van der Waals surface area contributed by atoms with Crippen molar-refractivity contribution in [2.45, 2.75) is 45.8 Å². The first kappa shape index (κ1) is 26.6. The molecule has 1 aliphatic rings. The summed E-state index contributed by atoms with van der Waals surface area (Å²) in [5.41, 5.74) is 5.58. The number of rotatable bonds is 7. The van der Waals surface area contributed by atoms with Gasteiger partial charge in [-0.1, -0.05) is 17.3 Å². The van der Waals surface area contributed by atoms with Crippen LogP contribution in [0.4, 0.5) is 5.82 Å². The number of β-amino-alcohol motifs (C(OH)–C–C–N with tert-alkyl or cyclic N) is 1. The molecule has 0 aliphatic carbocycles. The number of halogens is 1. The van der Waals surface area contributed by atoms with Crippen molar-refractivity contribution < 1.29 is 14.7 Å². The Bertz CT molecular complexity index is 1210. The zero-order valence-corrected chi connectivity index (χ0v) is 21.0. The minimum atomic E-state index is -0.720. The third-order valence-corrected chi connectivity index (χ3v) is 6.10. The van der Waals surface area contributed by atoms with E-state index in [0.29, 0.717) is 35.2 Å². The highest BCUT2D eigenvalue weighted by atomic mass is 35.5. The fourth-order valence-corrected chi connectivity index (χ4v) is 4.34. The average Bonchev–Trinajstić information content (AvgIpc) is 3.22. The molecule has 3 N–H and O–H groups in total. The maximum atomic E-state index is 9.80. The lowest BCUT2D eigenvalue weighted by Crippen LogP contribution is -2.36. The molecule has 0 fully saturated rings. The molecule has 9 nitrogen and oxygen atoms in total. The highest BCUT2D eigenvalue weighted by molar-refractivity contribution is 5.85. The average molecular weight is 499 g/mol. The molecule has 4 rings (SSSR count). The molecule has 3 heterocycles.